The topological polar surface area (TPSA) is 118 Å². The lowest BCUT2D eigenvalue weighted by atomic mass is 9.75. The molecule has 1 unspecified atom stereocenters. The van der Waals surface area contributed by atoms with Crippen molar-refractivity contribution < 1.29 is 23.6 Å². The van der Waals surface area contributed by atoms with Crippen molar-refractivity contribution >= 4 is 36.0 Å². The SMILES string of the molecule is COC(=O)c1ccc(Nc2nn(C3CCC[C@@H]3C)cc2C(N)=O)cc1B1OC(C)(C)C(C)(C)O1. The molecular formula is C24H33BN4O5. The molecule has 1 amide bonds. The Morgan fingerprint density at radius 2 is 1.85 bits per heavy atom. The molecule has 0 radical (unpaired) electrons. The highest BCUT2D eigenvalue weighted by Crippen LogP contribution is 2.38. The van der Waals surface area contributed by atoms with Gasteiger partial charge < -0.3 is 25.1 Å². The number of nitrogens with one attached hydrogen (secondary N) is 1. The van der Waals surface area contributed by atoms with Crippen LogP contribution < -0.4 is 16.5 Å². The van der Waals surface area contributed by atoms with Gasteiger partial charge in [-0.05, 0) is 70.1 Å². The van der Waals surface area contributed by atoms with Crippen molar-refractivity contribution in [2.24, 2.45) is 11.7 Å². The van der Waals surface area contributed by atoms with E-state index in [0.717, 1.165) is 19.3 Å². The van der Waals surface area contributed by atoms with Gasteiger partial charge in [-0.15, -0.1) is 0 Å². The molecule has 1 aromatic carbocycles. The molecule has 182 valence electrons. The third-order valence-corrected chi connectivity index (χ3v) is 7.38. The standard InChI is InChI=1S/C24H33BN4O5/c1-14-8-7-9-19(14)29-13-17(20(26)30)21(28-29)27-15-10-11-16(22(31)32-6)18(12-15)25-33-23(2,3)24(4,5)34-25/h10-14,19H,7-9H2,1-6H3,(H2,26,30)(H,27,28)/t14-,19?/m0/s1. The monoisotopic (exact) mass is 468 g/mol. The summed E-state index contributed by atoms with van der Waals surface area (Å²) in [6, 6.07) is 5.36. The number of nitrogens with two attached hydrogens (primary N) is 1. The van der Waals surface area contributed by atoms with Gasteiger partial charge in [0.15, 0.2) is 5.82 Å². The third-order valence-electron chi connectivity index (χ3n) is 7.38. The van der Waals surface area contributed by atoms with Crippen LogP contribution in [0.25, 0.3) is 0 Å². The average Bonchev–Trinajstić information content (AvgIpc) is 3.43. The first-order valence-corrected chi connectivity index (χ1v) is 11.7. The van der Waals surface area contributed by atoms with Crippen molar-refractivity contribution in [2.75, 3.05) is 12.4 Å². The van der Waals surface area contributed by atoms with Gasteiger partial charge in [0.2, 0.25) is 0 Å². The summed E-state index contributed by atoms with van der Waals surface area (Å²) in [6.45, 7) is 9.98. The molecule has 9 nitrogen and oxygen atoms in total. The van der Waals surface area contributed by atoms with E-state index in [1.54, 1.807) is 24.4 Å². The maximum Gasteiger partial charge on any atom is 0.495 e. The van der Waals surface area contributed by atoms with E-state index in [9.17, 15) is 9.59 Å². The molecule has 4 rings (SSSR count). The van der Waals surface area contributed by atoms with E-state index in [1.165, 1.54) is 7.11 Å². The van der Waals surface area contributed by atoms with E-state index < -0.39 is 30.2 Å². The van der Waals surface area contributed by atoms with Crippen molar-refractivity contribution in [1.29, 1.82) is 0 Å². The van der Waals surface area contributed by atoms with Crippen molar-refractivity contribution in [2.45, 2.75) is 71.1 Å². The second-order valence-corrected chi connectivity index (χ2v) is 10.2. The fourth-order valence-electron chi connectivity index (χ4n) is 4.59. The zero-order valence-electron chi connectivity index (χ0n) is 20.7. The van der Waals surface area contributed by atoms with E-state index in [1.807, 2.05) is 32.4 Å². The average molecular weight is 468 g/mol. The van der Waals surface area contributed by atoms with Crippen molar-refractivity contribution in [3.8, 4) is 0 Å². The summed E-state index contributed by atoms with van der Waals surface area (Å²) in [5.41, 5.74) is 6.29. The number of anilines is 2. The number of carbonyl (C=O) groups excluding carboxylic acids is 2. The number of benzene rings is 1. The van der Waals surface area contributed by atoms with Gasteiger partial charge in [0, 0.05) is 11.9 Å². The van der Waals surface area contributed by atoms with Crippen LogP contribution in [0.3, 0.4) is 0 Å². The number of hydrogen-bond donors (Lipinski definition) is 2. The minimum absolute atomic E-state index is 0.232. The Morgan fingerprint density at radius 3 is 2.41 bits per heavy atom. The zero-order chi connectivity index (χ0) is 24.8. The quantitative estimate of drug-likeness (QED) is 0.494. The Hall–Kier alpha value is -2.85. The van der Waals surface area contributed by atoms with Crippen LogP contribution in [0.2, 0.25) is 0 Å². The first-order chi connectivity index (χ1) is 15.9. The number of aromatic nitrogens is 2. The Labute approximate surface area is 200 Å². The summed E-state index contributed by atoms with van der Waals surface area (Å²) >= 11 is 0. The van der Waals surface area contributed by atoms with Crippen LogP contribution in [0, 0.1) is 5.92 Å². The number of esters is 1. The first kappa shape index (κ1) is 24.3. The molecule has 2 aliphatic rings. The number of methoxy groups -OCH3 is 1. The molecule has 1 aromatic heterocycles. The fourth-order valence-corrected chi connectivity index (χ4v) is 4.59. The minimum Gasteiger partial charge on any atom is -0.465 e. The van der Waals surface area contributed by atoms with Crippen LogP contribution in [0.1, 0.15) is 80.6 Å². The normalized spacial score (nSPS) is 23.2. The molecule has 2 heterocycles. The van der Waals surface area contributed by atoms with Gasteiger partial charge in [-0.25, -0.2) is 4.79 Å². The predicted octanol–water partition coefficient (Wildman–Crippen LogP) is 3.17. The molecule has 2 fully saturated rings. The molecule has 1 saturated heterocycles. The summed E-state index contributed by atoms with van der Waals surface area (Å²) in [7, 11) is 0.562. The molecule has 1 saturated carbocycles. The van der Waals surface area contributed by atoms with Gasteiger partial charge in [-0.3, -0.25) is 9.48 Å². The maximum atomic E-state index is 12.5. The molecular weight excluding hydrogens is 435 g/mol. The molecule has 1 aliphatic heterocycles. The fraction of sp³-hybridized carbons (Fsp3) is 0.542. The Morgan fingerprint density at radius 1 is 1.18 bits per heavy atom. The summed E-state index contributed by atoms with van der Waals surface area (Å²) in [5.74, 6) is -0.203. The van der Waals surface area contributed by atoms with Crippen molar-refractivity contribution in [1.82, 2.24) is 9.78 Å². The largest absolute Gasteiger partial charge is 0.495 e. The molecule has 34 heavy (non-hydrogen) atoms. The highest BCUT2D eigenvalue weighted by atomic mass is 16.7. The van der Waals surface area contributed by atoms with E-state index in [2.05, 4.69) is 17.3 Å². The molecule has 0 spiro atoms. The van der Waals surface area contributed by atoms with E-state index in [0.29, 0.717) is 34.0 Å². The van der Waals surface area contributed by atoms with Gasteiger partial charge in [-0.2, -0.15) is 5.10 Å². The Bertz CT molecular complexity index is 1100. The Balaban J connectivity index is 1.70. The van der Waals surface area contributed by atoms with E-state index >= 15 is 0 Å². The van der Waals surface area contributed by atoms with Crippen LogP contribution in [-0.4, -0.2) is 47.1 Å². The molecule has 0 bridgehead atoms. The van der Waals surface area contributed by atoms with Gasteiger partial charge in [0.1, 0.15) is 5.56 Å². The summed E-state index contributed by atoms with van der Waals surface area (Å²) in [6.07, 6.45) is 4.99. The van der Waals surface area contributed by atoms with E-state index in [4.69, 9.17) is 19.8 Å². The first-order valence-electron chi connectivity index (χ1n) is 11.7. The number of hydrogen-bond acceptors (Lipinski definition) is 7. The summed E-state index contributed by atoms with van der Waals surface area (Å²) in [4.78, 5) is 24.6. The summed E-state index contributed by atoms with van der Waals surface area (Å²) < 4.78 is 19.2. The van der Waals surface area contributed by atoms with Crippen LogP contribution in [0.5, 0.6) is 0 Å². The minimum atomic E-state index is -0.770. The number of primary amides is 1. The second-order valence-electron chi connectivity index (χ2n) is 10.2. The van der Waals surface area contributed by atoms with Crippen LogP contribution in [-0.2, 0) is 14.0 Å². The van der Waals surface area contributed by atoms with Gasteiger partial charge in [0.05, 0.1) is 29.9 Å². The lowest BCUT2D eigenvalue weighted by Gasteiger charge is -2.32. The lowest BCUT2D eigenvalue weighted by molar-refractivity contribution is 0.00578. The van der Waals surface area contributed by atoms with Gasteiger partial charge in [0.25, 0.3) is 5.91 Å². The molecule has 3 N–H and O–H groups in total. The number of rotatable bonds is 6. The smallest absolute Gasteiger partial charge is 0.465 e. The Kier molecular flexibility index (Phi) is 6.24. The molecule has 1 aliphatic carbocycles. The number of amides is 1. The van der Waals surface area contributed by atoms with Crippen LogP contribution >= 0.6 is 0 Å². The predicted molar refractivity (Wildman–Crippen MR) is 130 cm³/mol. The summed E-state index contributed by atoms with van der Waals surface area (Å²) in [5, 5.41) is 7.86. The second kappa shape index (κ2) is 8.74. The molecule has 2 aromatic rings. The van der Waals surface area contributed by atoms with Crippen LogP contribution in [0.4, 0.5) is 11.5 Å². The lowest BCUT2D eigenvalue weighted by Crippen LogP contribution is -2.41. The third kappa shape index (κ3) is 4.32. The van der Waals surface area contributed by atoms with Gasteiger partial charge >= 0.3 is 13.1 Å². The molecule has 2 atom stereocenters. The highest BCUT2D eigenvalue weighted by Gasteiger charge is 2.52. The highest BCUT2D eigenvalue weighted by molar-refractivity contribution is 6.63. The zero-order valence-corrected chi connectivity index (χ0v) is 20.7. The van der Waals surface area contributed by atoms with Crippen LogP contribution in [0.15, 0.2) is 24.4 Å². The van der Waals surface area contributed by atoms with Gasteiger partial charge in [-0.1, -0.05) is 13.3 Å². The molecule has 10 heteroatoms. The number of nitrogens with zero attached hydrogens (tertiary/aromatic N) is 2. The van der Waals surface area contributed by atoms with Crippen molar-refractivity contribution in [3.05, 3.63) is 35.5 Å². The van der Waals surface area contributed by atoms with Crippen molar-refractivity contribution in [3.63, 3.8) is 0 Å². The van der Waals surface area contributed by atoms with E-state index in [-0.39, 0.29) is 6.04 Å². The maximum absolute atomic E-state index is 12.5. The number of ether oxygens (including phenoxy) is 1. The number of carbonyl (C=O) groups is 2.